The molecular weight excluding hydrogens is 374 g/mol. The van der Waals surface area contributed by atoms with Crippen molar-refractivity contribution in [1.82, 2.24) is 14.8 Å². The van der Waals surface area contributed by atoms with Gasteiger partial charge in [0.1, 0.15) is 16.1 Å². The van der Waals surface area contributed by atoms with Gasteiger partial charge in [-0.05, 0) is 57.3 Å². The maximum atomic E-state index is 12.6. The van der Waals surface area contributed by atoms with Crippen molar-refractivity contribution in [2.45, 2.75) is 39.2 Å². The molecule has 0 saturated carbocycles. The molecule has 0 unspecified atom stereocenters. The first-order chi connectivity index (χ1) is 12.1. The van der Waals surface area contributed by atoms with E-state index in [9.17, 15) is 14.7 Å². The van der Waals surface area contributed by atoms with Crippen LogP contribution in [0.15, 0.2) is 16.2 Å². The fraction of sp³-hybridized carbons (Fsp3) is 0.556. The number of halogens is 1. The Hall–Kier alpha value is -1.57. The van der Waals surface area contributed by atoms with E-state index in [1.165, 1.54) is 30.6 Å². The zero-order chi connectivity index (χ0) is 17.8. The summed E-state index contributed by atoms with van der Waals surface area (Å²) in [6, 6.07) is 1.74. The molecule has 1 aliphatic heterocycles. The number of aryl methyl sites for hydroxylation is 1. The van der Waals surface area contributed by atoms with Gasteiger partial charge in [0.25, 0.3) is 11.5 Å². The van der Waals surface area contributed by atoms with E-state index in [4.69, 9.17) is 0 Å². The molecule has 0 bridgehead atoms. The summed E-state index contributed by atoms with van der Waals surface area (Å²) in [5.41, 5.74) is -0.575. The molecule has 1 fully saturated rings. The molecule has 1 saturated heterocycles. The summed E-state index contributed by atoms with van der Waals surface area (Å²) in [6.45, 7) is 6.04. The van der Waals surface area contributed by atoms with Gasteiger partial charge in [-0.3, -0.25) is 14.2 Å². The van der Waals surface area contributed by atoms with Gasteiger partial charge in [-0.1, -0.05) is 6.42 Å². The summed E-state index contributed by atoms with van der Waals surface area (Å²) >= 11 is 1.39. The SMILES string of the molecule is CCn1c(=O)c(C(=O)NCCCN2CCCCC2)c(O)c2ccsc21.Cl. The molecule has 2 aromatic heterocycles. The molecule has 0 aromatic carbocycles. The second kappa shape index (κ2) is 9.39. The Morgan fingerprint density at radius 1 is 1.31 bits per heavy atom. The van der Waals surface area contributed by atoms with Crippen molar-refractivity contribution in [3.05, 3.63) is 27.4 Å². The number of rotatable bonds is 6. The first kappa shape index (κ1) is 20.7. The average Bonchev–Trinajstić information content (AvgIpc) is 3.10. The smallest absolute Gasteiger partial charge is 0.268 e. The summed E-state index contributed by atoms with van der Waals surface area (Å²) in [6.07, 6.45) is 4.64. The third kappa shape index (κ3) is 4.22. The standard InChI is InChI=1S/C18H25N3O3S.ClH/c1-2-21-17(24)14(15(22)13-7-12-25-18(13)21)16(23)19-8-6-11-20-9-4-3-5-10-20;/h7,12,22H,2-6,8-11H2,1H3,(H,19,23);1H. The number of pyridine rings is 1. The van der Waals surface area contributed by atoms with Crippen molar-refractivity contribution in [2.24, 2.45) is 0 Å². The Kier molecular flexibility index (Phi) is 7.49. The highest BCUT2D eigenvalue weighted by molar-refractivity contribution is 7.16. The summed E-state index contributed by atoms with van der Waals surface area (Å²) in [4.78, 5) is 28.2. The number of aromatic nitrogens is 1. The van der Waals surface area contributed by atoms with Gasteiger partial charge in [-0.25, -0.2) is 0 Å². The van der Waals surface area contributed by atoms with Gasteiger partial charge in [-0.15, -0.1) is 23.7 Å². The van der Waals surface area contributed by atoms with E-state index in [0.29, 0.717) is 23.3 Å². The van der Waals surface area contributed by atoms with Gasteiger partial charge in [-0.2, -0.15) is 0 Å². The summed E-state index contributed by atoms with van der Waals surface area (Å²) in [7, 11) is 0. The highest BCUT2D eigenvalue weighted by Crippen LogP contribution is 2.30. The summed E-state index contributed by atoms with van der Waals surface area (Å²) < 4.78 is 1.54. The van der Waals surface area contributed by atoms with E-state index in [1.807, 2.05) is 12.3 Å². The highest BCUT2D eigenvalue weighted by Gasteiger charge is 2.22. The van der Waals surface area contributed by atoms with E-state index in [0.717, 1.165) is 26.1 Å². The normalized spacial score (nSPS) is 15.0. The lowest BCUT2D eigenvalue weighted by molar-refractivity contribution is 0.0946. The number of nitrogens with one attached hydrogen (secondary N) is 1. The maximum absolute atomic E-state index is 12.6. The lowest BCUT2D eigenvalue weighted by Gasteiger charge is -2.26. The van der Waals surface area contributed by atoms with Crippen molar-refractivity contribution >= 4 is 39.9 Å². The molecule has 26 heavy (non-hydrogen) atoms. The highest BCUT2D eigenvalue weighted by atomic mass is 35.5. The van der Waals surface area contributed by atoms with E-state index < -0.39 is 11.5 Å². The molecule has 144 valence electrons. The van der Waals surface area contributed by atoms with Gasteiger partial charge in [0.15, 0.2) is 0 Å². The van der Waals surface area contributed by atoms with Crippen molar-refractivity contribution in [1.29, 1.82) is 0 Å². The summed E-state index contributed by atoms with van der Waals surface area (Å²) in [5.74, 6) is -0.698. The number of piperidine rings is 1. The van der Waals surface area contributed by atoms with E-state index >= 15 is 0 Å². The molecule has 2 aromatic rings. The number of carbonyl (C=O) groups excluding carboxylic acids is 1. The Morgan fingerprint density at radius 2 is 2.04 bits per heavy atom. The van der Waals surface area contributed by atoms with Crippen LogP contribution in [-0.4, -0.2) is 46.7 Å². The number of thiophene rings is 1. The first-order valence-electron chi connectivity index (χ1n) is 8.97. The molecule has 0 radical (unpaired) electrons. The minimum Gasteiger partial charge on any atom is -0.506 e. The van der Waals surface area contributed by atoms with Crippen LogP contribution in [0.25, 0.3) is 10.2 Å². The fourth-order valence-electron chi connectivity index (χ4n) is 3.42. The molecule has 1 amide bonds. The lowest BCUT2D eigenvalue weighted by atomic mass is 10.1. The molecule has 3 heterocycles. The van der Waals surface area contributed by atoms with E-state index in [2.05, 4.69) is 10.2 Å². The first-order valence-corrected chi connectivity index (χ1v) is 9.85. The quantitative estimate of drug-likeness (QED) is 0.732. The van der Waals surface area contributed by atoms with Gasteiger partial charge in [0.2, 0.25) is 0 Å². The molecule has 0 aliphatic carbocycles. The number of likely N-dealkylation sites (tertiary alicyclic amines) is 1. The van der Waals surface area contributed by atoms with Crippen LogP contribution in [-0.2, 0) is 6.54 Å². The molecule has 8 heteroatoms. The van der Waals surface area contributed by atoms with Gasteiger partial charge >= 0.3 is 0 Å². The monoisotopic (exact) mass is 399 g/mol. The van der Waals surface area contributed by atoms with Crippen molar-refractivity contribution in [3.63, 3.8) is 0 Å². The predicted octanol–water partition coefficient (Wildman–Crippen LogP) is 2.82. The molecule has 0 spiro atoms. The number of carbonyl (C=O) groups is 1. The Bertz CT molecular complexity index is 812. The van der Waals surface area contributed by atoms with E-state index in [-0.39, 0.29) is 23.7 Å². The molecular formula is C18H26ClN3O3S. The van der Waals surface area contributed by atoms with Crippen molar-refractivity contribution in [3.8, 4) is 5.75 Å². The third-order valence-corrected chi connectivity index (χ3v) is 5.71. The molecule has 6 nitrogen and oxygen atoms in total. The molecule has 1 aliphatic rings. The second-order valence-corrected chi connectivity index (χ2v) is 7.32. The number of amides is 1. The zero-order valence-corrected chi connectivity index (χ0v) is 16.6. The Morgan fingerprint density at radius 3 is 2.73 bits per heavy atom. The average molecular weight is 400 g/mol. The number of nitrogens with zero attached hydrogens (tertiary/aromatic N) is 2. The minimum absolute atomic E-state index is 0. The predicted molar refractivity (Wildman–Crippen MR) is 108 cm³/mol. The zero-order valence-electron chi connectivity index (χ0n) is 15.0. The Labute approximate surface area is 163 Å². The van der Waals surface area contributed by atoms with E-state index in [1.54, 1.807) is 10.6 Å². The van der Waals surface area contributed by atoms with Crippen LogP contribution in [0.2, 0.25) is 0 Å². The number of hydrogen-bond donors (Lipinski definition) is 2. The largest absolute Gasteiger partial charge is 0.506 e. The maximum Gasteiger partial charge on any atom is 0.268 e. The van der Waals surface area contributed by atoms with Gasteiger partial charge < -0.3 is 15.3 Å². The number of aromatic hydroxyl groups is 1. The second-order valence-electron chi connectivity index (χ2n) is 6.42. The number of fused-ring (bicyclic) bond motifs is 1. The number of hydrogen-bond acceptors (Lipinski definition) is 5. The van der Waals surface area contributed by atoms with Crippen LogP contribution in [0.4, 0.5) is 0 Å². The molecule has 2 N–H and O–H groups in total. The lowest BCUT2D eigenvalue weighted by Crippen LogP contribution is -2.35. The topological polar surface area (TPSA) is 74.6 Å². The fourth-order valence-corrected chi connectivity index (χ4v) is 4.39. The van der Waals surface area contributed by atoms with Crippen LogP contribution in [0.5, 0.6) is 5.75 Å². The third-order valence-electron chi connectivity index (χ3n) is 4.77. The van der Waals surface area contributed by atoms with Gasteiger partial charge in [0.05, 0.1) is 5.39 Å². The van der Waals surface area contributed by atoms with Gasteiger partial charge in [0, 0.05) is 13.1 Å². The van der Waals surface area contributed by atoms with Crippen LogP contribution >= 0.6 is 23.7 Å². The van der Waals surface area contributed by atoms with Crippen LogP contribution in [0.3, 0.4) is 0 Å². The van der Waals surface area contributed by atoms with Crippen LogP contribution in [0.1, 0.15) is 43.0 Å². The molecule has 3 rings (SSSR count). The minimum atomic E-state index is -0.489. The molecule has 0 atom stereocenters. The Balaban J connectivity index is 0.00000243. The van der Waals surface area contributed by atoms with Crippen molar-refractivity contribution in [2.75, 3.05) is 26.2 Å². The summed E-state index contributed by atoms with van der Waals surface area (Å²) in [5, 5.41) is 15.6. The van der Waals surface area contributed by atoms with Crippen LogP contribution < -0.4 is 10.9 Å². The van der Waals surface area contributed by atoms with Crippen LogP contribution in [0, 0.1) is 0 Å². The van der Waals surface area contributed by atoms with Crippen molar-refractivity contribution < 1.29 is 9.90 Å².